The lowest BCUT2D eigenvalue weighted by Gasteiger charge is -2.00. The Morgan fingerprint density at radius 2 is 1.54 bits per heavy atom. The van der Waals surface area contributed by atoms with Gasteiger partial charge in [0.1, 0.15) is 0 Å². The Bertz CT molecular complexity index is 132. The maximum Gasteiger partial charge on any atom is 0.0540 e. The second kappa shape index (κ2) is 9.56. The van der Waals surface area contributed by atoms with Crippen LogP contribution in [0.2, 0.25) is 0 Å². The average Bonchev–Trinajstić information content (AvgIpc) is 2.16. The summed E-state index contributed by atoms with van der Waals surface area (Å²) in [5, 5.41) is 11.5. The summed E-state index contributed by atoms with van der Waals surface area (Å²) in [4.78, 5) is 0. The predicted molar refractivity (Wildman–Crippen MR) is 57.5 cm³/mol. The van der Waals surface area contributed by atoms with Gasteiger partial charge in [0.25, 0.3) is 0 Å². The van der Waals surface area contributed by atoms with Crippen molar-refractivity contribution in [1.82, 2.24) is 0 Å². The third-order valence-electron chi connectivity index (χ3n) is 2.31. The van der Waals surface area contributed by atoms with E-state index in [0.29, 0.717) is 0 Å². The first kappa shape index (κ1) is 12.5. The molecule has 78 valence electrons. The van der Waals surface area contributed by atoms with Gasteiger partial charge in [-0.3, -0.25) is 0 Å². The third kappa shape index (κ3) is 9.38. The number of oxime groups is 1. The molecule has 0 heterocycles. The Morgan fingerprint density at radius 3 is 2.08 bits per heavy atom. The van der Waals surface area contributed by atoms with Crippen molar-refractivity contribution in [2.75, 3.05) is 0 Å². The largest absolute Gasteiger partial charge is 0.411 e. The third-order valence-corrected chi connectivity index (χ3v) is 2.31. The van der Waals surface area contributed by atoms with Gasteiger partial charge in [-0.1, -0.05) is 50.6 Å². The van der Waals surface area contributed by atoms with Gasteiger partial charge in [-0.2, -0.15) is 0 Å². The minimum atomic E-state index is 0.855. The Kier molecular flexibility index (Phi) is 9.17. The van der Waals surface area contributed by atoms with E-state index in [9.17, 15) is 0 Å². The zero-order valence-corrected chi connectivity index (χ0v) is 9.05. The monoisotopic (exact) mass is 185 g/mol. The highest BCUT2D eigenvalue weighted by molar-refractivity contribution is 5.81. The molecule has 1 N–H and O–H groups in total. The molecule has 0 aromatic carbocycles. The van der Waals surface area contributed by atoms with Crippen molar-refractivity contribution in [3.63, 3.8) is 0 Å². The lowest BCUT2D eigenvalue weighted by molar-refractivity contribution is 0.317. The second-order valence-corrected chi connectivity index (χ2v) is 3.71. The molecule has 0 rings (SSSR count). The number of unbranched alkanes of at least 4 members (excludes halogenated alkanes) is 6. The summed E-state index contributed by atoms with van der Waals surface area (Å²) in [6.45, 7) is 4.11. The Morgan fingerprint density at radius 1 is 1.00 bits per heavy atom. The van der Waals surface area contributed by atoms with E-state index in [4.69, 9.17) is 5.21 Å². The van der Waals surface area contributed by atoms with Crippen molar-refractivity contribution in [1.29, 1.82) is 0 Å². The molecular formula is C11H23NO. The van der Waals surface area contributed by atoms with Crippen molar-refractivity contribution in [3.05, 3.63) is 0 Å². The summed E-state index contributed by atoms with van der Waals surface area (Å²) < 4.78 is 0. The van der Waals surface area contributed by atoms with E-state index in [2.05, 4.69) is 12.1 Å². The number of hydrogen-bond acceptors (Lipinski definition) is 2. The topological polar surface area (TPSA) is 32.6 Å². The van der Waals surface area contributed by atoms with Gasteiger partial charge < -0.3 is 5.21 Å². The summed E-state index contributed by atoms with van der Waals surface area (Å²) in [5.74, 6) is 0. The van der Waals surface area contributed by atoms with Crippen LogP contribution in [0.3, 0.4) is 0 Å². The van der Waals surface area contributed by atoms with E-state index in [-0.39, 0.29) is 0 Å². The lowest BCUT2D eigenvalue weighted by Crippen LogP contribution is -1.90. The van der Waals surface area contributed by atoms with Crippen molar-refractivity contribution < 1.29 is 5.21 Å². The summed E-state index contributed by atoms with van der Waals surface area (Å²) in [6, 6.07) is 0. The van der Waals surface area contributed by atoms with Gasteiger partial charge in [-0.05, 0) is 19.8 Å². The van der Waals surface area contributed by atoms with Crippen LogP contribution in [0.5, 0.6) is 0 Å². The smallest absolute Gasteiger partial charge is 0.0540 e. The van der Waals surface area contributed by atoms with Crippen molar-refractivity contribution in [3.8, 4) is 0 Å². The fraction of sp³-hybridized carbons (Fsp3) is 0.909. The summed E-state index contributed by atoms with van der Waals surface area (Å²) in [7, 11) is 0. The van der Waals surface area contributed by atoms with E-state index in [1.807, 2.05) is 6.92 Å². The highest BCUT2D eigenvalue weighted by Gasteiger charge is 1.93. The Hall–Kier alpha value is -0.530. The quantitative estimate of drug-likeness (QED) is 0.264. The molecule has 0 bridgehead atoms. The van der Waals surface area contributed by atoms with E-state index >= 15 is 0 Å². The van der Waals surface area contributed by atoms with E-state index in [0.717, 1.165) is 12.1 Å². The van der Waals surface area contributed by atoms with E-state index < -0.39 is 0 Å². The molecule has 0 unspecified atom stereocenters. The lowest BCUT2D eigenvalue weighted by atomic mass is 10.1. The summed E-state index contributed by atoms with van der Waals surface area (Å²) >= 11 is 0. The molecule has 2 heteroatoms. The van der Waals surface area contributed by atoms with Crippen molar-refractivity contribution in [2.45, 2.75) is 65.2 Å². The minimum Gasteiger partial charge on any atom is -0.411 e. The van der Waals surface area contributed by atoms with Crippen LogP contribution in [0, 0.1) is 0 Å². The van der Waals surface area contributed by atoms with Crippen molar-refractivity contribution in [2.24, 2.45) is 5.16 Å². The normalized spacial score (nSPS) is 12.0. The molecule has 13 heavy (non-hydrogen) atoms. The molecule has 0 amide bonds. The van der Waals surface area contributed by atoms with E-state index in [1.165, 1.54) is 44.9 Å². The van der Waals surface area contributed by atoms with Gasteiger partial charge in [-0.15, -0.1) is 0 Å². The summed E-state index contributed by atoms with van der Waals surface area (Å²) in [6.07, 6.45) is 10.2. The zero-order valence-electron chi connectivity index (χ0n) is 9.05. The van der Waals surface area contributed by atoms with Crippen LogP contribution in [0.1, 0.15) is 65.2 Å². The minimum absolute atomic E-state index is 0.855. The zero-order chi connectivity index (χ0) is 9.94. The van der Waals surface area contributed by atoms with Crippen LogP contribution in [-0.4, -0.2) is 10.9 Å². The number of rotatable bonds is 8. The van der Waals surface area contributed by atoms with Crippen molar-refractivity contribution >= 4 is 5.71 Å². The van der Waals surface area contributed by atoms with Gasteiger partial charge in [0, 0.05) is 0 Å². The molecule has 0 aromatic rings. The van der Waals surface area contributed by atoms with Crippen LogP contribution in [0.25, 0.3) is 0 Å². The maximum absolute atomic E-state index is 8.40. The fourth-order valence-electron chi connectivity index (χ4n) is 1.39. The van der Waals surface area contributed by atoms with Gasteiger partial charge in [0.15, 0.2) is 0 Å². The SMILES string of the molecule is CCCCCCCCC/C(C)=N/O. The van der Waals surface area contributed by atoms with E-state index in [1.54, 1.807) is 0 Å². The molecule has 0 aromatic heterocycles. The molecule has 0 aliphatic heterocycles. The highest BCUT2D eigenvalue weighted by atomic mass is 16.4. The maximum atomic E-state index is 8.40. The standard InChI is InChI=1S/C11H23NO/c1-3-4-5-6-7-8-9-10-11(2)12-13/h13H,3-10H2,1-2H3/b12-11+. The molecule has 0 aliphatic rings. The molecule has 0 saturated heterocycles. The van der Waals surface area contributed by atoms with Crippen LogP contribution in [-0.2, 0) is 0 Å². The second-order valence-electron chi connectivity index (χ2n) is 3.71. The van der Waals surface area contributed by atoms with Gasteiger partial charge in [0.2, 0.25) is 0 Å². The molecule has 0 saturated carbocycles. The van der Waals surface area contributed by atoms with Crippen LogP contribution < -0.4 is 0 Å². The molecule has 0 atom stereocenters. The molecule has 0 fully saturated rings. The molecular weight excluding hydrogens is 162 g/mol. The Balaban J connectivity index is 3.00. The number of nitrogens with zero attached hydrogens (tertiary/aromatic N) is 1. The first-order valence-electron chi connectivity index (χ1n) is 5.48. The molecule has 0 aliphatic carbocycles. The number of hydrogen-bond donors (Lipinski definition) is 1. The fourth-order valence-corrected chi connectivity index (χ4v) is 1.39. The molecule has 0 radical (unpaired) electrons. The van der Waals surface area contributed by atoms with Crippen LogP contribution in [0.4, 0.5) is 0 Å². The summed E-state index contributed by atoms with van der Waals surface area (Å²) in [5.41, 5.74) is 0.855. The highest BCUT2D eigenvalue weighted by Crippen LogP contribution is 2.08. The first-order valence-corrected chi connectivity index (χ1v) is 5.48. The van der Waals surface area contributed by atoms with Gasteiger partial charge in [-0.25, -0.2) is 0 Å². The average molecular weight is 185 g/mol. The predicted octanol–water partition coefficient (Wildman–Crippen LogP) is 3.98. The van der Waals surface area contributed by atoms with Gasteiger partial charge >= 0.3 is 0 Å². The van der Waals surface area contributed by atoms with Gasteiger partial charge in [0.05, 0.1) is 5.71 Å². The van der Waals surface area contributed by atoms with Crippen LogP contribution >= 0.6 is 0 Å². The first-order chi connectivity index (χ1) is 6.31. The van der Waals surface area contributed by atoms with Crippen LogP contribution in [0.15, 0.2) is 5.16 Å². The Labute approximate surface area is 82.0 Å². The molecule has 2 nitrogen and oxygen atoms in total. The molecule has 0 spiro atoms.